The van der Waals surface area contributed by atoms with E-state index in [1.54, 1.807) is 12.1 Å². The molecular formula is C28H41Cl3N10O4. The van der Waals surface area contributed by atoms with E-state index in [4.69, 9.17) is 27.8 Å². The van der Waals surface area contributed by atoms with Crippen LogP contribution >= 0.6 is 24.0 Å². The number of nitrogen functional groups attached to an aromatic ring is 2. The Morgan fingerprint density at radius 2 is 1.76 bits per heavy atom. The number of rotatable bonds is 11. The number of aromatic nitrogens is 4. The number of carbonyl (C=O) groups excluding carboxylic acids is 3. The third-order valence-electron chi connectivity index (χ3n) is 7.47. The number of nitrogens with zero attached hydrogens (tertiary/aromatic N) is 5. The van der Waals surface area contributed by atoms with Crippen LogP contribution in [0.1, 0.15) is 60.3 Å². The quantitative estimate of drug-likeness (QED) is 0.146. The van der Waals surface area contributed by atoms with Gasteiger partial charge in [0.25, 0.3) is 23.5 Å². The van der Waals surface area contributed by atoms with E-state index >= 15 is 0 Å². The Morgan fingerprint density at radius 1 is 1.07 bits per heavy atom. The van der Waals surface area contributed by atoms with Gasteiger partial charge in [-0.3, -0.25) is 14.4 Å². The Labute approximate surface area is 279 Å². The molecule has 1 aliphatic rings. The summed E-state index contributed by atoms with van der Waals surface area (Å²) in [6.45, 7) is 9.05. The highest BCUT2D eigenvalue weighted by molar-refractivity contribution is 6.31. The number of imidazole rings is 1. The van der Waals surface area contributed by atoms with Gasteiger partial charge in [0.2, 0.25) is 0 Å². The first-order valence-electron chi connectivity index (χ1n) is 14.4. The van der Waals surface area contributed by atoms with Crippen LogP contribution in [0.3, 0.4) is 0 Å². The first-order chi connectivity index (χ1) is 20.6. The number of nitrogens with two attached hydrogens (primary N) is 2. The van der Waals surface area contributed by atoms with Gasteiger partial charge in [0, 0.05) is 24.7 Å². The fourth-order valence-electron chi connectivity index (χ4n) is 5.28. The number of aryl methyl sites for hydroxylation is 2. The summed E-state index contributed by atoms with van der Waals surface area (Å²) >= 11 is 5.96. The minimum absolute atomic E-state index is 0. The average Bonchev–Trinajstić information content (AvgIpc) is 3.28. The number of hydrogen-bond donors (Lipinski definition) is 5. The van der Waals surface area contributed by atoms with Crippen LogP contribution in [0.2, 0.25) is 5.15 Å². The van der Waals surface area contributed by atoms with Crippen molar-refractivity contribution in [1.29, 1.82) is 0 Å². The number of carbonyl (C=O) groups is 3. The fourth-order valence-corrected chi connectivity index (χ4v) is 5.41. The Kier molecular flexibility index (Phi) is 13.9. The van der Waals surface area contributed by atoms with Crippen molar-refractivity contribution in [3.63, 3.8) is 0 Å². The highest BCUT2D eigenvalue weighted by Gasteiger charge is 2.28. The third kappa shape index (κ3) is 8.57. The van der Waals surface area contributed by atoms with Gasteiger partial charge >= 0.3 is 0 Å². The van der Waals surface area contributed by atoms with Gasteiger partial charge in [-0.2, -0.15) is 0 Å². The topological polar surface area (TPSA) is 186 Å². The van der Waals surface area contributed by atoms with Crippen molar-refractivity contribution in [2.24, 2.45) is 0 Å². The summed E-state index contributed by atoms with van der Waals surface area (Å²) in [4.78, 5) is 48.9. The third-order valence-corrected chi connectivity index (χ3v) is 7.74. The molecule has 0 saturated carbocycles. The van der Waals surface area contributed by atoms with Gasteiger partial charge in [-0.25, -0.2) is 19.1 Å². The van der Waals surface area contributed by atoms with E-state index in [0.29, 0.717) is 30.9 Å². The summed E-state index contributed by atoms with van der Waals surface area (Å²) < 4.78 is 10.00. The van der Waals surface area contributed by atoms with E-state index < -0.39 is 5.91 Å². The van der Waals surface area contributed by atoms with Crippen LogP contribution in [-0.4, -0.2) is 76.5 Å². The normalized spacial score (nSPS) is 13.4. The van der Waals surface area contributed by atoms with Crippen LogP contribution in [0.5, 0.6) is 5.75 Å². The van der Waals surface area contributed by atoms with Crippen molar-refractivity contribution in [1.82, 2.24) is 35.4 Å². The van der Waals surface area contributed by atoms with Crippen molar-refractivity contribution in [2.45, 2.75) is 59.3 Å². The van der Waals surface area contributed by atoms with E-state index in [-0.39, 0.29) is 78.3 Å². The molecule has 1 fully saturated rings. The summed E-state index contributed by atoms with van der Waals surface area (Å²) in [5, 5.41) is 8.59. The number of anilines is 2. The summed E-state index contributed by atoms with van der Waals surface area (Å²) in [5.74, 6) is -0.253. The van der Waals surface area contributed by atoms with Crippen molar-refractivity contribution in [3.8, 4) is 5.75 Å². The van der Waals surface area contributed by atoms with Gasteiger partial charge in [0.15, 0.2) is 40.1 Å². The summed E-state index contributed by atoms with van der Waals surface area (Å²) in [5.41, 5.74) is 13.2. The fraction of sp³-hybridized carbons (Fsp3) is 0.500. The van der Waals surface area contributed by atoms with E-state index in [9.17, 15) is 14.4 Å². The number of ether oxygens (including phenoxy) is 1. The molecule has 0 aliphatic carbocycles. The molecule has 3 amide bonds. The predicted octanol–water partition coefficient (Wildman–Crippen LogP) is -1.73. The van der Waals surface area contributed by atoms with Gasteiger partial charge in [-0.15, -0.1) is 12.4 Å². The maximum atomic E-state index is 13.1. The van der Waals surface area contributed by atoms with Gasteiger partial charge in [0.05, 0.1) is 18.7 Å². The molecular weight excluding hydrogens is 647 g/mol. The number of hydrogen-bond acceptors (Lipinski definition) is 9. The maximum absolute atomic E-state index is 13.1. The summed E-state index contributed by atoms with van der Waals surface area (Å²) in [6, 6.07) is 3.63. The molecule has 17 heteroatoms. The van der Waals surface area contributed by atoms with Crippen molar-refractivity contribution < 1.29 is 36.1 Å². The minimum atomic E-state index is -0.565. The second kappa shape index (κ2) is 16.6. The summed E-state index contributed by atoms with van der Waals surface area (Å²) in [6.07, 6.45) is 1.76. The van der Waals surface area contributed by atoms with Gasteiger partial charge in [0.1, 0.15) is 12.3 Å². The van der Waals surface area contributed by atoms with Crippen LogP contribution in [0.4, 0.5) is 11.6 Å². The Hall–Kier alpha value is -3.59. The molecule has 7 N–H and O–H groups in total. The number of halogens is 3. The van der Waals surface area contributed by atoms with Crippen molar-refractivity contribution >= 4 is 64.4 Å². The first-order valence-corrected chi connectivity index (χ1v) is 14.8. The standard InChI is InChI=1S/C28H39ClN10O4.2ClH/c1-5-32-27(41)17-12-18-19(13-20(17)43-15-21(40)34-16-8-10-37(4)11-9-16)39(7-3)22(38(18)6-2)14-33-28(42)23-25(30)36-26(31)24(29)35-23;;/h12-13,16H,5-11,14-15H2,1-4H3,(H6-,30,31,32,33,34,36,40,41,42);2*1H. The molecule has 14 nitrogen and oxygen atoms in total. The number of piperidine rings is 1. The number of amides is 3. The number of likely N-dealkylation sites (tertiary alicyclic amines) is 1. The van der Waals surface area contributed by atoms with Crippen LogP contribution in [0.25, 0.3) is 11.0 Å². The zero-order valence-corrected chi connectivity index (χ0v) is 28.1. The molecule has 0 radical (unpaired) electrons. The van der Waals surface area contributed by atoms with Crippen LogP contribution in [0, 0.1) is 0 Å². The smallest absolute Gasteiger partial charge is 0.277 e. The SMILES string of the molecule is CCNC(=O)c1cc2c(cc1OCC(=O)NC1CCN(C)CC1)[n+](CC)c(CNC(=O)c1nc(Cl)c(N)nc1N)n2CC.Cl.[Cl-]. The second-order valence-corrected chi connectivity index (χ2v) is 10.7. The first kappa shape index (κ1) is 37.6. The van der Waals surface area contributed by atoms with Gasteiger partial charge in [-0.05, 0) is 53.8 Å². The lowest BCUT2D eigenvalue weighted by Crippen LogP contribution is -3.00. The van der Waals surface area contributed by atoms with E-state index in [1.807, 2.05) is 29.9 Å². The number of benzene rings is 1. The molecule has 0 spiro atoms. The molecule has 248 valence electrons. The molecule has 45 heavy (non-hydrogen) atoms. The average molecular weight is 688 g/mol. The minimum Gasteiger partial charge on any atom is -1.00 e. The van der Waals surface area contributed by atoms with Crippen molar-refractivity contribution in [2.75, 3.05) is 44.8 Å². The molecule has 2 aromatic heterocycles. The van der Waals surface area contributed by atoms with Crippen LogP contribution < -0.4 is 49.1 Å². The largest absolute Gasteiger partial charge is 1.00 e. The molecule has 3 heterocycles. The zero-order valence-electron chi connectivity index (χ0n) is 25.8. The maximum Gasteiger partial charge on any atom is 0.277 e. The lowest BCUT2D eigenvalue weighted by atomic mass is 10.1. The molecule has 0 atom stereocenters. The molecule has 0 bridgehead atoms. The van der Waals surface area contributed by atoms with Crippen LogP contribution in [-0.2, 0) is 24.4 Å². The lowest BCUT2D eigenvalue weighted by Gasteiger charge is -2.29. The van der Waals surface area contributed by atoms with Crippen LogP contribution in [0.15, 0.2) is 12.1 Å². The molecule has 1 saturated heterocycles. The number of fused-ring (bicyclic) bond motifs is 1. The highest BCUT2D eigenvalue weighted by Crippen LogP contribution is 2.27. The van der Waals surface area contributed by atoms with Crippen molar-refractivity contribution in [3.05, 3.63) is 34.4 Å². The lowest BCUT2D eigenvalue weighted by molar-refractivity contribution is -0.676. The Morgan fingerprint density at radius 3 is 2.38 bits per heavy atom. The Bertz CT molecular complexity index is 1530. The summed E-state index contributed by atoms with van der Waals surface area (Å²) in [7, 11) is 2.06. The molecule has 0 unspecified atom stereocenters. The van der Waals surface area contributed by atoms with E-state index in [1.165, 1.54) is 0 Å². The highest BCUT2D eigenvalue weighted by atomic mass is 35.5. The van der Waals surface area contributed by atoms with Gasteiger partial charge in [-0.1, -0.05) is 11.6 Å². The van der Waals surface area contributed by atoms with E-state index in [2.05, 4.69) is 37.9 Å². The molecule has 1 aromatic carbocycles. The molecule has 4 rings (SSSR count). The second-order valence-electron chi connectivity index (χ2n) is 10.4. The number of nitrogens with one attached hydrogen (secondary N) is 3. The Balaban J connectivity index is 0.00000353. The molecule has 3 aromatic rings. The monoisotopic (exact) mass is 686 g/mol. The van der Waals surface area contributed by atoms with Gasteiger partial charge < -0.3 is 49.5 Å². The molecule has 1 aliphatic heterocycles. The van der Waals surface area contributed by atoms with E-state index in [0.717, 1.165) is 42.8 Å². The zero-order chi connectivity index (χ0) is 31.3. The predicted molar refractivity (Wildman–Crippen MR) is 170 cm³/mol.